The second-order valence-corrected chi connectivity index (χ2v) is 36.0. The Morgan fingerprint density at radius 3 is 0.713 bits per heavy atom. The number of ketones is 7. The lowest BCUT2D eigenvalue weighted by Gasteiger charge is -2.18. The van der Waals surface area contributed by atoms with E-state index in [1.165, 1.54) is 99.9 Å². The monoisotopic (exact) mass is 2070 g/mol. The summed E-state index contributed by atoms with van der Waals surface area (Å²) in [5.41, 5.74) is 23.3. The zero-order valence-electron chi connectivity index (χ0n) is 94.1. The average molecular weight is 2070 g/mol. The predicted octanol–water partition coefficient (Wildman–Crippen LogP) is 19.2. The minimum atomic E-state index is -0.253. The van der Waals surface area contributed by atoms with Crippen molar-refractivity contribution in [2.24, 2.45) is 0 Å². The van der Waals surface area contributed by atoms with Gasteiger partial charge in [-0.1, -0.05) is 95.1 Å². The lowest BCUT2D eigenvalue weighted by molar-refractivity contribution is -0.127. The summed E-state index contributed by atoms with van der Waals surface area (Å²) in [6.07, 6.45) is 6.87. The van der Waals surface area contributed by atoms with Gasteiger partial charge in [0.05, 0.1) is 0 Å². The third kappa shape index (κ3) is 63.8. The minimum absolute atomic E-state index is 0.00228. The molecule has 0 bridgehead atoms. The van der Waals surface area contributed by atoms with Crippen molar-refractivity contribution in [1.82, 2.24) is 26.6 Å². The number of carbonyl (C=O) groups excluding carboxylic acids is 13. The molecule has 0 fully saturated rings. The van der Waals surface area contributed by atoms with Crippen LogP contribution in [0.1, 0.15) is 239 Å². The Balaban J connectivity index is 0.000000850. The van der Waals surface area contributed by atoms with Crippen molar-refractivity contribution >= 4 is 110 Å². The van der Waals surface area contributed by atoms with Crippen LogP contribution in [0.15, 0.2) is 158 Å². The van der Waals surface area contributed by atoms with E-state index in [4.69, 9.17) is 33.2 Å². The Bertz CT molecular complexity index is 5550. The molecule has 0 saturated carbocycles. The quantitative estimate of drug-likeness (QED) is 0.0125. The molecule has 0 saturated heterocycles. The average Bonchev–Trinajstić information content (AvgIpc) is 0.812. The number of aryl methyl sites for hydroxylation is 14. The molecule has 0 spiro atoms. The molecule has 9 rings (SSSR count). The van der Waals surface area contributed by atoms with Crippen molar-refractivity contribution < 1.29 is 95.5 Å². The number of hydrogen-bond acceptors (Lipinski definition) is 25. The number of anilines is 6. The number of benzene rings is 9. The summed E-state index contributed by atoms with van der Waals surface area (Å²) in [5.74, 6) is 2.13. The van der Waals surface area contributed by atoms with Crippen molar-refractivity contribution in [2.75, 3.05) is 159 Å². The molecule has 0 heterocycles. The molecule has 6 amide bonds. The van der Waals surface area contributed by atoms with Gasteiger partial charge in [-0.3, -0.25) is 52.7 Å². The number of carbonyl (C=O) groups is 13. The molecule has 0 atom stereocenters. The van der Waals surface area contributed by atoms with Crippen LogP contribution in [0.2, 0.25) is 0 Å². The number of ether oxygens (including phenoxy) is 7. The van der Waals surface area contributed by atoms with E-state index in [2.05, 4.69) is 130 Å². The predicted molar refractivity (Wildman–Crippen MR) is 605 cm³/mol. The number of likely N-dealkylation sites (N-methyl/N-ethyl adjacent to an activating group) is 5. The number of Topliss-reactive ketones (excluding diaryl/α,β-unsaturated/α-hetero) is 7. The summed E-state index contributed by atoms with van der Waals surface area (Å²) >= 11 is 0. The Labute approximate surface area is 891 Å². The van der Waals surface area contributed by atoms with E-state index >= 15 is 0 Å². The maximum Gasteiger partial charge on any atom is 0.250 e. The summed E-state index contributed by atoms with van der Waals surface area (Å²) < 4.78 is 38.5. The molecule has 9 aromatic rings. The first-order valence-electron chi connectivity index (χ1n) is 51.0. The van der Waals surface area contributed by atoms with Crippen LogP contribution in [0.5, 0.6) is 28.7 Å². The zero-order chi connectivity index (χ0) is 113. The molecular weight excluding hydrogens is 1900 g/mol. The van der Waals surface area contributed by atoms with Crippen LogP contribution in [0.4, 0.5) is 34.1 Å². The van der Waals surface area contributed by atoms with Crippen LogP contribution in [-0.4, -0.2) is 203 Å². The highest BCUT2D eigenvalue weighted by atomic mass is 16.5. The lowest BCUT2D eigenvalue weighted by Crippen LogP contribution is -2.20. The largest absolute Gasteiger partial charge is 0.492 e. The topological polar surface area (TPSA) is 419 Å². The smallest absolute Gasteiger partial charge is 0.250 e. The summed E-state index contributed by atoms with van der Waals surface area (Å²) in [5, 5.41) is 31.8. The highest BCUT2D eigenvalue weighted by Gasteiger charge is 2.20. The molecule has 0 unspecified atom stereocenters. The molecule has 820 valence electrons. The number of amides is 6. The van der Waals surface area contributed by atoms with Crippen LogP contribution in [-0.2, 0) is 95.9 Å². The summed E-state index contributed by atoms with van der Waals surface area (Å²) in [6, 6.07) is 50.7. The third-order valence-corrected chi connectivity index (χ3v) is 20.9. The van der Waals surface area contributed by atoms with Crippen molar-refractivity contribution in [2.45, 2.75) is 223 Å². The SMILES string of the molecule is CC(=O)CCC(=O)Nc1cc(C)cc(C)c1.CC(=O)COCC(=O)Nc1cc(C)cc(C)c1.CC(=O)Nc1cc(C)cc(C)c1.CC(=O)c1cc(C)cc(C)c1.CCc1cc(CC)cc(NC(=O)CCC(C)=O)c1.CCc1cc(CC)cc(NC(=O)COCC(C)=O)c1.CCc1cc(CC)cc(NC(C)=O)c1.CNCCOc1cc(C(C)=O)cc(OCCNC)c1OCCNC.CNCCOc1cc(OCCNC)cc(C(C)=O)c1. The van der Waals surface area contributed by atoms with Gasteiger partial charge in [0.1, 0.15) is 82.5 Å². The van der Waals surface area contributed by atoms with Gasteiger partial charge in [0.2, 0.25) is 41.2 Å². The van der Waals surface area contributed by atoms with Gasteiger partial charge in [-0.15, -0.1) is 0 Å². The Morgan fingerprint density at radius 2 is 0.460 bits per heavy atom. The Hall–Kier alpha value is -13.8. The van der Waals surface area contributed by atoms with Crippen LogP contribution >= 0.6 is 0 Å². The number of nitrogens with one attached hydrogen (secondary N) is 11. The molecular formula is C119H169N11O20. The second-order valence-electron chi connectivity index (χ2n) is 36.0. The highest BCUT2D eigenvalue weighted by molar-refractivity contribution is 5.98. The fraction of sp³-hybridized carbons (Fsp3) is 0.437. The van der Waals surface area contributed by atoms with Gasteiger partial charge >= 0.3 is 0 Å². The molecule has 0 aliphatic heterocycles. The summed E-state index contributed by atoms with van der Waals surface area (Å²) in [4.78, 5) is 145. The van der Waals surface area contributed by atoms with Gasteiger partial charge < -0.3 is 101 Å². The molecule has 9 aromatic carbocycles. The van der Waals surface area contributed by atoms with E-state index in [1.807, 2.05) is 188 Å². The van der Waals surface area contributed by atoms with E-state index in [9.17, 15) is 62.3 Å². The molecule has 31 nitrogen and oxygen atoms in total. The fourth-order valence-electron chi connectivity index (χ4n) is 13.9. The van der Waals surface area contributed by atoms with Crippen LogP contribution in [0, 0.1) is 55.4 Å². The number of rotatable bonds is 49. The third-order valence-electron chi connectivity index (χ3n) is 20.9. The molecule has 31 heteroatoms. The van der Waals surface area contributed by atoms with Crippen molar-refractivity contribution in [3.63, 3.8) is 0 Å². The van der Waals surface area contributed by atoms with Crippen molar-refractivity contribution in [3.05, 3.63) is 252 Å². The van der Waals surface area contributed by atoms with E-state index in [-0.39, 0.29) is 115 Å². The number of hydrogen-bond donors (Lipinski definition) is 11. The van der Waals surface area contributed by atoms with Crippen molar-refractivity contribution in [3.8, 4) is 28.7 Å². The Kier molecular flexibility index (Phi) is 69.4. The first-order chi connectivity index (χ1) is 71.1. The van der Waals surface area contributed by atoms with E-state index in [0.717, 1.165) is 125 Å². The van der Waals surface area contributed by atoms with Gasteiger partial charge in [0.15, 0.2) is 40.4 Å². The van der Waals surface area contributed by atoms with Gasteiger partial charge in [-0.05, 0) is 354 Å². The zero-order valence-corrected chi connectivity index (χ0v) is 94.1. The lowest BCUT2D eigenvalue weighted by atomic mass is 10.1. The first-order valence-corrected chi connectivity index (χ1v) is 51.0. The molecule has 150 heavy (non-hydrogen) atoms. The van der Waals surface area contributed by atoms with Crippen LogP contribution in [0.25, 0.3) is 0 Å². The van der Waals surface area contributed by atoms with Crippen LogP contribution in [0.3, 0.4) is 0 Å². The second kappa shape index (κ2) is 77.6. The van der Waals surface area contributed by atoms with Gasteiger partial charge in [0, 0.05) is 129 Å². The summed E-state index contributed by atoms with van der Waals surface area (Å²) in [6.45, 7) is 47.9. The highest BCUT2D eigenvalue weighted by Crippen LogP contribution is 2.40. The normalized spacial score (nSPS) is 10.1. The molecule has 0 aromatic heterocycles. The fourth-order valence-corrected chi connectivity index (χ4v) is 13.9. The molecule has 0 radical (unpaired) electrons. The van der Waals surface area contributed by atoms with Gasteiger partial charge in [-0.2, -0.15) is 0 Å². The van der Waals surface area contributed by atoms with Crippen LogP contribution < -0.4 is 82.2 Å². The molecule has 0 aliphatic rings. The minimum Gasteiger partial charge on any atom is -0.492 e. The van der Waals surface area contributed by atoms with Gasteiger partial charge in [-0.25, -0.2) is 0 Å². The van der Waals surface area contributed by atoms with E-state index in [0.29, 0.717) is 105 Å². The maximum absolute atomic E-state index is 11.8. The van der Waals surface area contributed by atoms with E-state index < -0.39 is 0 Å². The molecule has 0 aliphatic carbocycles. The van der Waals surface area contributed by atoms with Gasteiger partial charge in [0.25, 0.3) is 0 Å². The Morgan fingerprint density at radius 1 is 0.227 bits per heavy atom. The molecule has 11 N–H and O–H groups in total. The summed E-state index contributed by atoms with van der Waals surface area (Å²) in [7, 11) is 9.29. The van der Waals surface area contributed by atoms with E-state index in [1.54, 1.807) is 37.3 Å². The standard InChI is InChI=1S/C17H29N3O4.C15H21NO3.C15H21NO2.C14H22N2O3.C13H17NO3.C13H17NO2.C12H17NO.C10H13NO.C10H12O/c1-13(21)14-11-15(22-8-5-18-2)17(24-10-7-20-4)16(12-14)23-9-6-19-3;1-4-12-6-13(5-2)8-14(7-12)16-15(18)10-19-9-11(3)17;1-4-12-8-13(5-2)10-14(9-12)16-15(18)7-6-11(3)17;1-11(17)12-8-13(18-6-4-15-2)10-14(9-12)19-7-5-16-3;1-9-4-10(2)6-12(5-9)14-13(16)8-17-7-11(3)15;1-9-6-10(2)8-12(7-9)14-13(16)5-4-11(3)15;1-4-10-6-11(5-2)8-12(7-10)13-9(3)14;1-7-4-8(2)6-10(5-7)11-9(3)12;1-7-4-8(2)6-10(5-7)9(3)11/h11-12,18-20H,5-10H2,1-4H3;6-8H,4-5,9-10H2,1-3H3,(H,16,18);8-10H,4-7H2,1-3H3,(H,16,18);8-10,15-16H,4-7H2,1-3H3;4-6H,7-8H2,1-3H3,(H,14,16);6-8H,4-5H2,1-3H3,(H,14,16);6-8H,4-5H2,1-3H3,(H,13,14);4-6H,1-3H3,(H,11,12);4-6H,1-3H3. The maximum atomic E-state index is 11.8. The first kappa shape index (κ1) is 134. The van der Waals surface area contributed by atoms with Crippen molar-refractivity contribution in [1.29, 1.82) is 0 Å².